The Kier molecular flexibility index (Phi) is 5.01. The van der Waals surface area contributed by atoms with Gasteiger partial charge < -0.3 is 10.1 Å². The first-order valence-electron chi connectivity index (χ1n) is 9.23. The summed E-state index contributed by atoms with van der Waals surface area (Å²) in [6.07, 6.45) is 4.84. The van der Waals surface area contributed by atoms with Gasteiger partial charge in [-0.1, -0.05) is 0 Å². The molecule has 144 valence electrons. The number of rotatable bonds is 5. The molecule has 7 nitrogen and oxygen atoms in total. The van der Waals surface area contributed by atoms with E-state index in [-0.39, 0.29) is 17.7 Å². The maximum atomic E-state index is 14.1. The fourth-order valence-corrected chi connectivity index (χ4v) is 3.29. The van der Waals surface area contributed by atoms with E-state index in [4.69, 9.17) is 4.74 Å². The number of tetrazole rings is 1. The molecule has 0 bridgehead atoms. The molecule has 8 heteroatoms. The molecule has 1 heterocycles. The summed E-state index contributed by atoms with van der Waals surface area (Å²) in [5.74, 6) is 0.433. The van der Waals surface area contributed by atoms with Crippen molar-refractivity contribution in [2.24, 2.45) is 0 Å². The number of carbonyl (C=O) groups is 1. The maximum absolute atomic E-state index is 14.1. The zero-order valence-electron chi connectivity index (χ0n) is 15.4. The molecule has 3 aromatic rings. The highest BCUT2D eigenvalue weighted by Crippen LogP contribution is 2.25. The molecule has 0 atom stereocenters. The van der Waals surface area contributed by atoms with Gasteiger partial charge in [-0.15, -0.1) is 5.10 Å². The van der Waals surface area contributed by atoms with Gasteiger partial charge in [-0.05, 0) is 85.5 Å². The molecule has 0 unspecified atom stereocenters. The van der Waals surface area contributed by atoms with Gasteiger partial charge in [0, 0.05) is 11.3 Å². The number of anilines is 1. The lowest BCUT2D eigenvalue weighted by atomic mass is 10.2. The second-order valence-corrected chi connectivity index (χ2v) is 6.81. The SMILES string of the molecule is Cc1nnnn1-c1cc(NC(=O)c2ccc(OC3CCCC3)cc2)ccc1F. The van der Waals surface area contributed by atoms with Crippen LogP contribution in [-0.4, -0.2) is 32.2 Å². The second-order valence-electron chi connectivity index (χ2n) is 6.81. The van der Waals surface area contributed by atoms with Crippen LogP contribution in [0.2, 0.25) is 0 Å². The number of aromatic nitrogens is 4. The lowest BCUT2D eigenvalue weighted by Crippen LogP contribution is -2.13. The third kappa shape index (κ3) is 3.85. The van der Waals surface area contributed by atoms with E-state index in [1.807, 2.05) is 0 Å². The predicted molar refractivity (Wildman–Crippen MR) is 101 cm³/mol. The summed E-state index contributed by atoms with van der Waals surface area (Å²) in [4.78, 5) is 12.5. The Morgan fingerprint density at radius 1 is 1.18 bits per heavy atom. The van der Waals surface area contributed by atoms with Gasteiger partial charge in [0.2, 0.25) is 0 Å². The fourth-order valence-electron chi connectivity index (χ4n) is 3.29. The number of hydrogen-bond acceptors (Lipinski definition) is 5. The van der Waals surface area contributed by atoms with E-state index < -0.39 is 5.82 Å². The van der Waals surface area contributed by atoms with Crippen LogP contribution in [0.25, 0.3) is 5.69 Å². The summed E-state index contributed by atoms with van der Waals surface area (Å²) in [6, 6.07) is 11.3. The number of ether oxygens (including phenoxy) is 1. The van der Waals surface area contributed by atoms with E-state index in [0.29, 0.717) is 17.1 Å². The smallest absolute Gasteiger partial charge is 0.255 e. The molecule has 0 spiro atoms. The van der Waals surface area contributed by atoms with E-state index in [0.717, 1.165) is 18.6 Å². The van der Waals surface area contributed by atoms with Gasteiger partial charge in [0.05, 0.1) is 6.10 Å². The zero-order valence-corrected chi connectivity index (χ0v) is 15.4. The molecule has 1 aromatic heterocycles. The van der Waals surface area contributed by atoms with Gasteiger partial charge in [-0.2, -0.15) is 4.68 Å². The molecule has 1 fully saturated rings. The van der Waals surface area contributed by atoms with Crippen LogP contribution in [0.1, 0.15) is 41.9 Å². The van der Waals surface area contributed by atoms with Gasteiger partial charge in [0.25, 0.3) is 5.91 Å². The summed E-state index contributed by atoms with van der Waals surface area (Å²) in [5, 5.41) is 13.8. The number of benzene rings is 2. The zero-order chi connectivity index (χ0) is 19.5. The van der Waals surface area contributed by atoms with Crippen LogP contribution in [0, 0.1) is 12.7 Å². The van der Waals surface area contributed by atoms with E-state index in [1.165, 1.54) is 35.7 Å². The highest BCUT2D eigenvalue weighted by atomic mass is 19.1. The lowest BCUT2D eigenvalue weighted by Gasteiger charge is -2.13. The van der Waals surface area contributed by atoms with Crippen molar-refractivity contribution in [1.29, 1.82) is 0 Å². The van der Waals surface area contributed by atoms with Crippen LogP contribution in [-0.2, 0) is 0 Å². The highest BCUT2D eigenvalue weighted by Gasteiger charge is 2.17. The second kappa shape index (κ2) is 7.75. The average molecular weight is 381 g/mol. The van der Waals surface area contributed by atoms with E-state index >= 15 is 0 Å². The Labute approximate surface area is 161 Å². The summed E-state index contributed by atoms with van der Waals surface area (Å²) in [6.45, 7) is 1.67. The number of halogens is 1. The van der Waals surface area contributed by atoms with Gasteiger partial charge in [-0.25, -0.2) is 4.39 Å². The summed E-state index contributed by atoms with van der Waals surface area (Å²) in [5.41, 5.74) is 1.10. The molecule has 1 aliphatic rings. The van der Waals surface area contributed by atoms with Crippen LogP contribution < -0.4 is 10.1 Å². The molecule has 1 aliphatic carbocycles. The molecule has 0 aliphatic heterocycles. The number of aryl methyl sites for hydroxylation is 1. The molecule has 1 amide bonds. The monoisotopic (exact) mass is 381 g/mol. The Morgan fingerprint density at radius 2 is 1.93 bits per heavy atom. The Morgan fingerprint density at radius 3 is 2.61 bits per heavy atom. The Hall–Kier alpha value is -3.29. The van der Waals surface area contributed by atoms with Crippen LogP contribution in [0.3, 0.4) is 0 Å². The van der Waals surface area contributed by atoms with Crippen LogP contribution >= 0.6 is 0 Å². The first kappa shape index (κ1) is 18.1. The van der Waals surface area contributed by atoms with Crippen LogP contribution in [0.4, 0.5) is 10.1 Å². The van der Waals surface area contributed by atoms with Gasteiger partial charge in [0.1, 0.15) is 17.3 Å². The normalized spacial score (nSPS) is 14.2. The average Bonchev–Trinajstić information content (AvgIpc) is 3.35. The van der Waals surface area contributed by atoms with Crippen molar-refractivity contribution in [2.45, 2.75) is 38.7 Å². The number of amides is 1. The van der Waals surface area contributed by atoms with E-state index in [2.05, 4.69) is 20.8 Å². The molecule has 4 rings (SSSR count). The summed E-state index contributed by atoms with van der Waals surface area (Å²) >= 11 is 0. The lowest BCUT2D eigenvalue weighted by molar-refractivity contribution is 0.102. The van der Waals surface area contributed by atoms with Crippen molar-refractivity contribution in [3.63, 3.8) is 0 Å². The van der Waals surface area contributed by atoms with Gasteiger partial charge in [0.15, 0.2) is 5.82 Å². The first-order chi connectivity index (χ1) is 13.6. The fraction of sp³-hybridized carbons (Fsp3) is 0.300. The summed E-state index contributed by atoms with van der Waals surface area (Å²) in [7, 11) is 0. The Balaban J connectivity index is 1.47. The molecule has 28 heavy (non-hydrogen) atoms. The van der Waals surface area contributed by atoms with Crippen molar-refractivity contribution < 1.29 is 13.9 Å². The van der Waals surface area contributed by atoms with Crippen molar-refractivity contribution in [3.8, 4) is 11.4 Å². The van der Waals surface area contributed by atoms with E-state index in [9.17, 15) is 9.18 Å². The van der Waals surface area contributed by atoms with Gasteiger partial charge in [-0.3, -0.25) is 4.79 Å². The summed E-state index contributed by atoms with van der Waals surface area (Å²) < 4.78 is 21.3. The topological polar surface area (TPSA) is 81.9 Å². The molecule has 1 saturated carbocycles. The molecule has 1 N–H and O–H groups in total. The standard InChI is InChI=1S/C20H20FN5O2/c1-13-23-24-25-26(13)19-12-15(8-11-18(19)21)22-20(27)14-6-9-17(10-7-14)28-16-4-2-3-5-16/h6-12,16H,2-5H2,1H3,(H,22,27). The number of hydrogen-bond donors (Lipinski definition) is 1. The number of carbonyl (C=O) groups excluding carboxylic acids is 1. The number of nitrogens with zero attached hydrogens (tertiary/aromatic N) is 4. The maximum Gasteiger partial charge on any atom is 0.255 e. The largest absolute Gasteiger partial charge is 0.490 e. The van der Waals surface area contributed by atoms with Gasteiger partial charge >= 0.3 is 0 Å². The van der Waals surface area contributed by atoms with Crippen LogP contribution in [0.5, 0.6) is 5.75 Å². The quantitative estimate of drug-likeness (QED) is 0.729. The highest BCUT2D eigenvalue weighted by molar-refractivity contribution is 6.04. The van der Waals surface area contributed by atoms with Crippen molar-refractivity contribution in [1.82, 2.24) is 20.2 Å². The first-order valence-corrected chi connectivity index (χ1v) is 9.23. The van der Waals surface area contributed by atoms with Crippen molar-refractivity contribution >= 4 is 11.6 Å². The third-order valence-electron chi connectivity index (χ3n) is 4.78. The molecular formula is C20H20FN5O2. The third-order valence-corrected chi connectivity index (χ3v) is 4.78. The molecular weight excluding hydrogens is 361 g/mol. The molecule has 2 aromatic carbocycles. The Bertz CT molecular complexity index is 981. The molecule has 0 radical (unpaired) electrons. The minimum absolute atomic E-state index is 0.167. The van der Waals surface area contributed by atoms with Crippen molar-refractivity contribution in [3.05, 3.63) is 59.7 Å². The number of nitrogens with one attached hydrogen (secondary N) is 1. The van der Waals surface area contributed by atoms with Crippen LogP contribution in [0.15, 0.2) is 42.5 Å². The van der Waals surface area contributed by atoms with E-state index in [1.54, 1.807) is 31.2 Å². The minimum Gasteiger partial charge on any atom is -0.490 e. The molecule has 0 saturated heterocycles. The predicted octanol–water partition coefficient (Wildman–Crippen LogP) is 3.68. The minimum atomic E-state index is -0.484. The van der Waals surface area contributed by atoms with Crippen molar-refractivity contribution in [2.75, 3.05) is 5.32 Å².